The van der Waals surface area contributed by atoms with Gasteiger partial charge in [0.05, 0.1) is 0 Å². The predicted octanol–water partition coefficient (Wildman–Crippen LogP) is 3.49. The summed E-state index contributed by atoms with van der Waals surface area (Å²) in [6, 6.07) is 9.37. The monoisotopic (exact) mass is 246 g/mol. The molecule has 0 aliphatic carbocycles. The van der Waals surface area contributed by atoms with Crippen molar-refractivity contribution in [3.05, 3.63) is 29.8 Å². The number of hydrogen-bond donors (Lipinski definition) is 1. The fourth-order valence-corrected chi connectivity index (χ4v) is 2.64. The van der Waals surface area contributed by atoms with E-state index in [1.54, 1.807) is 0 Å². The van der Waals surface area contributed by atoms with Gasteiger partial charge in [-0.2, -0.15) is 0 Å². The average molecular weight is 246 g/mol. The van der Waals surface area contributed by atoms with Gasteiger partial charge in [-0.15, -0.1) is 0 Å². The minimum atomic E-state index is 0.203. The normalized spacial score (nSPS) is 18.9. The van der Waals surface area contributed by atoms with Crippen molar-refractivity contribution in [2.75, 3.05) is 25.5 Å². The second-order valence-corrected chi connectivity index (χ2v) is 6.52. The van der Waals surface area contributed by atoms with E-state index in [2.05, 4.69) is 62.3 Å². The summed E-state index contributed by atoms with van der Waals surface area (Å²) in [4.78, 5) is 2.41. The maximum absolute atomic E-state index is 3.75. The van der Waals surface area contributed by atoms with Crippen LogP contribution >= 0.6 is 0 Å². The van der Waals surface area contributed by atoms with Crippen LogP contribution in [0.1, 0.15) is 39.2 Å². The summed E-state index contributed by atoms with van der Waals surface area (Å²) < 4.78 is 0. The van der Waals surface area contributed by atoms with Gasteiger partial charge in [-0.1, -0.05) is 39.0 Å². The highest BCUT2D eigenvalue weighted by Crippen LogP contribution is 2.30. The third kappa shape index (κ3) is 3.26. The molecule has 0 atom stereocenters. The highest BCUT2D eigenvalue weighted by molar-refractivity contribution is 5.54. The molecule has 2 rings (SSSR count). The molecule has 0 bridgehead atoms. The molecule has 1 aliphatic heterocycles. The number of anilines is 1. The fraction of sp³-hybridized carbons (Fsp3) is 0.625. The average Bonchev–Trinajstić information content (AvgIpc) is 2.31. The number of nitrogens with zero attached hydrogens (tertiary/aromatic N) is 1. The second kappa shape index (κ2) is 5.31. The molecule has 18 heavy (non-hydrogen) atoms. The van der Waals surface area contributed by atoms with Crippen LogP contribution in [0.25, 0.3) is 0 Å². The van der Waals surface area contributed by atoms with Crippen LogP contribution in [0.15, 0.2) is 24.3 Å². The minimum Gasteiger partial charge on any atom is -0.382 e. The number of nitrogens with one attached hydrogen (secondary N) is 1. The maximum Gasteiger partial charge on any atom is 0.0380 e. The Labute approximate surface area is 111 Å². The summed E-state index contributed by atoms with van der Waals surface area (Å²) in [5.41, 5.74) is 2.94. The van der Waals surface area contributed by atoms with E-state index in [0.29, 0.717) is 6.04 Å². The first-order valence-corrected chi connectivity index (χ1v) is 7.01. The predicted molar refractivity (Wildman–Crippen MR) is 79.3 cm³/mol. The second-order valence-electron chi connectivity index (χ2n) is 6.52. The molecule has 0 spiro atoms. The zero-order chi connectivity index (χ0) is 13.2. The molecule has 1 saturated heterocycles. The molecule has 1 aromatic rings. The van der Waals surface area contributed by atoms with Crippen LogP contribution in [-0.4, -0.2) is 31.1 Å². The Morgan fingerprint density at radius 3 is 2.33 bits per heavy atom. The molecule has 0 amide bonds. The largest absolute Gasteiger partial charge is 0.382 e. The lowest BCUT2D eigenvalue weighted by Crippen LogP contribution is -2.37. The van der Waals surface area contributed by atoms with E-state index >= 15 is 0 Å². The van der Waals surface area contributed by atoms with E-state index in [0.717, 1.165) is 0 Å². The van der Waals surface area contributed by atoms with Gasteiger partial charge in [-0.05, 0) is 50.0 Å². The zero-order valence-electron chi connectivity index (χ0n) is 12.2. The van der Waals surface area contributed by atoms with Crippen molar-refractivity contribution >= 4 is 5.69 Å². The van der Waals surface area contributed by atoms with Gasteiger partial charge in [0, 0.05) is 11.7 Å². The van der Waals surface area contributed by atoms with Crippen LogP contribution in [-0.2, 0) is 5.41 Å². The summed E-state index contributed by atoms with van der Waals surface area (Å²) in [6.07, 6.45) is 2.49. The van der Waals surface area contributed by atoms with Crippen LogP contribution < -0.4 is 5.32 Å². The van der Waals surface area contributed by atoms with Crippen molar-refractivity contribution in [2.24, 2.45) is 0 Å². The molecular weight excluding hydrogens is 220 g/mol. The summed E-state index contributed by atoms with van der Waals surface area (Å²) in [7, 11) is 2.21. The van der Waals surface area contributed by atoms with Gasteiger partial charge in [0.15, 0.2) is 0 Å². The van der Waals surface area contributed by atoms with Gasteiger partial charge in [0.1, 0.15) is 0 Å². The Kier molecular flexibility index (Phi) is 3.96. The maximum atomic E-state index is 3.75. The Balaban J connectivity index is 2.10. The van der Waals surface area contributed by atoms with Crippen LogP contribution in [0.4, 0.5) is 5.69 Å². The first-order valence-electron chi connectivity index (χ1n) is 7.01. The Bertz CT molecular complexity index is 384. The standard InChI is InChI=1S/C16H26N2/c1-16(2,3)14-7-5-6-8-15(14)17-13-9-11-18(4)12-10-13/h5-8,13,17H,9-12H2,1-4H3. The van der Waals surface area contributed by atoms with Crippen LogP contribution in [0.2, 0.25) is 0 Å². The SMILES string of the molecule is CN1CCC(Nc2ccccc2C(C)(C)C)CC1. The third-order valence-corrected chi connectivity index (χ3v) is 3.81. The van der Waals surface area contributed by atoms with Gasteiger partial charge in [-0.25, -0.2) is 0 Å². The van der Waals surface area contributed by atoms with E-state index in [1.807, 2.05) is 0 Å². The molecule has 0 aromatic heterocycles. The van der Waals surface area contributed by atoms with Crippen molar-refractivity contribution < 1.29 is 0 Å². The number of rotatable bonds is 2. The fourth-order valence-electron chi connectivity index (χ4n) is 2.64. The molecule has 2 nitrogen and oxygen atoms in total. The number of likely N-dealkylation sites (tertiary alicyclic amines) is 1. The molecule has 1 aliphatic rings. The number of para-hydroxylation sites is 1. The van der Waals surface area contributed by atoms with E-state index in [4.69, 9.17) is 0 Å². The highest BCUT2D eigenvalue weighted by atomic mass is 15.1. The molecular formula is C16H26N2. The van der Waals surface area contributed by atoms with Gasteiger partial charge in [0.2, 0.25) is 0 Å². The topological polar surface area (TPSA) is 15.3 Å². The first kappa shape index (κ1) is 13.4. The van der Waals surface area contributed by atoms with E-state index in [9.17, 15) is 0 Å². The molecule has 1 heterocycles. The van der Waals surface area contributed by atoms with Crippen molar-refractivity contribution in [1.82, 2.24) is 4.90 Å². The number of hydrogen-bond acceptors (Lipinski definition) is 2. The van der Waals surface area contributed by atoms with Gasteiger partial charge in [0.25, 0.3) is 0 Å². The van der Waals surface area contributed by atoms with Gasteiger partial charge >= 0.3 is 0 Å². The number of piperidine rings is 1. The Morgan fingerprint density at radius 2 is 1.72 bits per heavy atom. The summed E-state index contributed by atoms with van der Waals surface area (Å²) in [5.74, 6) is 0. The zero-order valence-corrected chi connectivity index (χ0v) is 12.2. The summed E-state index contributed by atoms with van der Waals surface area (Å²) >= 11 is 0. The highest BCUT2D eigenvalue weighted by Gasteiger charge is 2.21. The van der Waals surface area contributed by atoms with E-state index in [1.165, 1.54) is 37.2 Å². The molecule has 0 unspecified atom stereocenters. The van der Waals surface area contributed by atoms with Crippen LogP contribution in [0.5, 0.6) is 0 Å². The van der Waals surface area contributed by atoms with E-state index < -0.39 is 0 Å². The molecule has 0 radical (unpaired) electrons. The third-order valence-electron chi connectivity index (χ3n) is 3.81. The van der Waals surface area contributed by atoms with Crippen molar-refractivity contribution in [3.8, 4) is 0 Å². The lowest BCUT2D eigenvalue weighted by atomic mass is 9.85. The van der Waals surface area contributed by atoms with Gasteiger partial charge in [-0.3, -0.25) is 0 Å². The van der Waals surface area contributed by atoms with Crippen molar-refractivity contribution in [1.29, 1.82) is 0 Å². The van der Waals surface area contributed by atoms with Gasteiger partial charge < -0.3 is 10.2 Å². The summed E-state index contributed by atoms with van der Waals surface area (Å²) in [5, 5.41) is 3.75. The molecule has 100 valence electrons. The van der Waals surface area contributed by atoms with Crippen LogP contribution in [0, 0.1) is 0 Å². The molecule has 2 heteroatoms. The minimum absolute atomic E-state index is 0.203. The molecule has 0 saturated carbocycles. The van der Waals surface area contributed by atoms with Crippen LogP contribution in [0.3, 0.4) is 0 Å². The molecule has 1 N–H and O–H groups in total. The summed E-state index contributed by atoms with van der Waals surface area (Å²) in [6.45, 7) is 9.25. The first-order chi connectivity index (χ1) is 8.47. The number of benzene rings is 1. The Morgan fingerprint density at radius 1 is 1.11 bits per heavy atom. The van der Waals surface area contributed by atoms with Crippen molar-refractivity contribution in [3.63, 3.8) is 0 Å². The quantitative estimate of drug-likeness (QED) is 0.859. The lowest BCUT2D eigenvalue weighted by molar-refractivity contribution is 0.264. The smallest absolute Gasteiger partial charge is 0.0380 e. The lowest BCUT2D eigenvalue weighted by Gasteiger charge is -2.32. The molecule has 1 aromatic carbocycles. The molecule has 1 fully saturated rings. The van der Waals surface area contributed by atoms with Crippen molar-refractivity contribution in [2.45, 2.75) is 45.1 Å². The Hall–Kier alpha value is -1.02. The van der Waals surface area contributed by atoms with E-state index in [-0.39, 0.29) is 5.41 Å².